The fraction of sp³-hybridized carbons (Fsp3) is 0.385. The van der Waals surface area contributed by atoms with Crippen LogP contribution < -0.4 is 4.74 Å². The first-order valence-corrected chi connectivity index (χ1v) is 4.92. The highest BCUT2D eigenvalue weighted by Crippen LogP contribution is 2.17. The fourth-order valence-corrected chi connectivity index (χ4v) is 1.29. The molecule has 0 saturated heterocycles. The molecule has 1 atom stereocenters. The minimum absolute atomic E-state index is 0.545. The predicted octanol–water partition coefficient (Wildman–Crippen LogP) is 3.45. The number of methoxy groups -OCH3 is 1. The van der Waals surface area contributed by atoms with E-state index < -0.39 is 0 Å². The van der Waals surface area contributed by atoms with Crippen LogP contribution in [0, 0.1) is 5.92 Å². The molecule has 0 saturated carbocycles. The molecule has 0 aliphatic carbocycles. The third kappa shape index (κ3) is 2.91. The Hall–Kier alpha value is -1.24. The number of hydrogen-bond acceptors (Lipinski definition) is 1. The van der Waals surface area contributed by atoms with Crippen LogP contribution in [-0.4, -0.2) is 7.11 Å². The summed E-state index contributed by atoms with van der Waals surface area (Å²) in [5, 5.41) is 0. The SMILES string of the molecule is C=C(C)C(C)Cc1ccc(OC)cc1. The van der Waals surface area contributed by atoms with E-state index in [-0.39, 0.29) is 0 Å². The largest absolute Gasteiger partial charge is 0.497 e. The highest BCUT2D eigenvalue weighted by Gasteiger charge is 2.03. The van der Waals surface area contributed by atoms with Gasteiger partial charge in [-0.3, -0.25) is 0 Å². The van der Waals surface area contributed by atoms with Crippen LogP contribution in [0.5, 0.6) is 5.75 Å². The molecule has 0 aromatic heterocycles. The lowest BCUT2D eigenvalue weighted by Crippen LogP contribution is -2.00. The van der Waals surface area contributed by atoms with Crippen molar-refractivity contribution in [2.45, 2.75) is 20.3 Å². The Labute approximate surface area is 86.4 Å². The number of rotatable bonds is 4. The molecule has 0 heterocycles. The van der Waals surface area contributed by atoms with E-state index in [1.807, 2.05) is 12.1 Å². The summed E-state index contributed by atoms with van der Waals surface area (Å²) < 4.78 is 5.10. The molecule has 0 amide bonds. The van der Waals surface area contributed by atoms with Gasteiger partial charge in [-0.2, -0.15) is 0 Å². The standard InChI is InChI=1S/C13H18O/c1-10(2)11(3)9-12-5-7-13(14-4)8-6-12/h5-8,11H,1,9H2,2-4H3. The van der Waals surface area contributed by atoms with Crippen molar-refractivity contribution in [3.63, 3.8) is 0 Å². The second-order valence-corrected chi connectivity index (χ2v) is 3.80. The van der Waals surface area contributed by atoms with Crippen LogP contribution in [0.2, 0.25) is 0 Å². The van der Waals surface area contributed by atoms with Gasteiger partial charge in [0.25, 0.3) is 0 Å². The van der Waals surface area contributed by atoms with Crippen molar-refractivity contribution in [2.75, 3.05) is 7.11 Å². The number of ether oxygens (including phenoxy) is 1. The van der Waals surface area contributed by atoms with E-state index in [1.165, 1.54) is 11.1 Å². The Morgan fingerprint density at radius 3 is 2.36 bits per heavy atom. The molecule has 0 bridgehead atoms. The van der Waals surface area contributed by atoms with Crippen LogP contribution in [0.3, 0.4) is 0 Å². The van der Waals surface area contributed by atoms with Gasteiger partial charge in [-0.25, -0.2) is 0 Å². The zero-order valence-electron chi connectivity index (χ0n) is 9.21. The highest BCUT2D eigenvalue weighted by atomic mass is 16.5. The van der Waals surface area contributed by atoms with Crippen molar-refractivity contribution in [3.05, 3.63) is 42.0 Å². The van der Waals surface area contributed by atoms with E-state index >= 15 is 0 Å². The van der Waals surface area contributed by atoms with Gasteiger partial charge >= 0.3 is 0 Å². The molecule has 0 spiro atoms. The molecule has 76 valence electrons. The predicted molar refractivity (Wildman–Crippen MR) is 60.7 cm³/mol. The van der Waals surface area contributed by atoms with E-state index in [9.17, 15) is 0 Å². The molecule has 0 aliphatic heterocycles. The lowest BCUT2D eigenvalue weighted by atomic mass is 9.96. The van der Waals surface area contributed by atoms with Gasteiger partial charge in [0.05, 0.1) is 7.11 Å². The average Bonchev–Trinajstić information content (AvgIpc) is 2.19. The normalized spacial score (nSPS) is 12.2. The van der Waals surface area contributed by atoms with Crippen molar-refractivity contribution >= 4 is 0 Å². The molecule has 14 heavy (non-hydrogen) atoms. The van der Waals surface area contributed by atoms with Crippen LogP contribution in [0.4, 0.5) is 0 Å². The number of benzene rings is 1. The molecular weight excluding hydrogens is 172 g/mol. The molecule has 1 unspecified atom stereocenters. The molecule has 1 rings (SSSR count). The van der Waals surface area contributed by atoms with Crippen molar-refractivity contribution in [3.8, 4) is 5.75 Å². The first-order chi connectivity index (χ1) is 6.63. The number of hydrogen-bond donors (Lipinski definition) is 0. The minimum Gasteiger partial charge on any atom is -0.497 e. The second kappa shape index (κ2) is 4.85. The first-order valence-electron chi connectivity index (χ1n) is 4.92. The van der Waals surface area contributed by atoms with Gasteiger partial charge in [-0.05, 0) is 37.0 Å². The van der Waals surface area contributed by atoms with Crippen LogP contribution in [0.15, 0.2) is 36.4 Å². The van der Waals surface area contributed by atoms with Gasteiger partial charge in [-0.15, -0.1) is 0 Å². The zero-order chi connectivity index (χ0) is 10.6. The summed E-state index contributed by atoms with van der Waals surface area (Å²) in [6, 6.07) is 8.22. The minimum atomic E-state index is 0.545. The van der Waals surface area contributed by atoms with Gasteiger partial charge in [-0.1, -0.05) is 31.2 Å². The van der Waals surface area contributed by atoms with Crippen LogP contribution in [0.1, 0.15) is 19.4 Å². The Bertz CT molecular complexity index is 298. The van der Waals surface area contributed by atoms with Crippen LogP contribution in [0.25, 0.3) is 0 Å². The monoisotopic (exact) mass is 190 g/mol. The summed E-state index contributed by atoms with van der Waals surface area (Å²) in [7, 11) is 1.69. The summed E-state index contributed by atoms with van der Waals surface area (Å²) in [6.45, 7) is 8.24. The first kappa shape index (κ1) is 10.8. The maximum absolute atomic E-state index is 5.10. The summed E-state index contributed by atoms with van der Waals surface area (Å²) in [4.78, 5) is 0. The van der Waals surface area contributed by atoms with E-state index in [0.717, 1.165) is 12.2 Å². The van der Waals surface area contributed by atoms with Gasteiger partial charge in [0.1, 0.15) is 5.75 Å². The van der Waals surface area contributed by atoms with Crippen LogP contribution >= 0.6 is 0 Å². The summed E-state index contributed by atoms with van der Waals surface area (Å²) in [6.07, 6.45) is 1.05. The van der Waals surface area contributed by atoms with E-state index in [1.54, 1.807) is 7.11 Å². The molecule has 0 radical (unpaired) electrons. The maximum Gasteiger partial charge on any atom is 0.118 e. The lowest BCUT2D eigenvalue weighted by molar-refractivity contribution is 0.414. The molecule has 1 heteroatoms. The maximum atomic E-state index is 5.10. The second-order valence-electron chi connectivity index (χ2n) is 3.80. The molecule has 0 fully saturated rings. The Morgan fingerprint density at radius 1 is 1.36 bits per heavy atom. The van der Waals surface area contributed by atoms with Crippen molar-refractivity contribution in [2.24, 2.45) is 5.92 Å². The third-order valence-electron chi connectivity index (χ3n) is 2.54. The van der Waals surface area contributed by atoms with Crippen molar-refractivity contribution in [1.29, 1.82) is 0 Å². The Kier molecular flexibility index (Phi) is 3.75. The Morgan fingerprint density at radius 2 is 1.93 bits per heavy atom. The zero-order valence-corrected chi connectivity index (χ0v) is 9.21. The van der Waals surface area contributed by atoms with E-state index in [2.05, 4.69) is 32.6 Å². The van der Waals surface area contributed by atoms with Gasteiger partial charge < -0.3 is 4.74 Å². The summed E-state index contributed by atoms with van der Waals surface area (Å²) in [5.74, 6) is 1.46. The van der Waals surface area contributed by atoms with Gasteiger partial charge in [0.2, 0.25) is 0 Å². The fourth-order valence-electron chi connectivity index (χ4n) is 1.29. The smallest absolute Gasteiger partial charge is 0.118 e. The van der Waals surface area contributed by atoms with E-state index in [0.29, 0.717) is 5.92 Å². The third-order valence-corrected chi connectivity index (χ3v) is 2.54. The van der Waals surface area contributed by atoms with Crippen molar-refractivity contribution in [1.82, 2.24) is 0 Å². The molecule has 1 aromatic carbocycles. The molecule has 0 aliphatic rings. The number of allylic oxidation sites excluding steroid dienone is 1. The Balaban J connectivity index is 2.64. The quantitative estimate of drug-likeness (QED) is 0.661. The summed E-state index contributed by atoms with van der Waals surface area (Å²) >= 11 is 0. The molecule has 0 N–H and O–H groups in total. The molecule has 1 nitrogen and oxygen atoms in total. The van der Waals surface area contributed by atoms with Crippen LogP contribution in [-0.2, 0) is 6.42 Å². The van der Waals surface area contributed by atoms with Gasteiger partial charge in [0.15, 0.2) is 0 Å². The lowest BCUT2D eigenvalue weighted by Gasteiger charge is -2.11. The van der Waals surface area contributed by atoms with Gasteiger partial charge in [0, 0.05) is 0 Å². The topological polar surface area (TPSA) is 9.23 Å². The molecule has 1 aromatic rings. The van der Waals surface area contributed by atoms with E-state index in [4.69, 9.17) is 4.74 Å². The highest BCUT2D eigenvalue weighted by molar-refractivity contribution is 5.27. The summed E-state index contributed by atoms with van der Waals surface area (Å²) in [5.41, 5.74) is 2.57. The van der Waals surface area contributed by atoms with Crippen molar-refractivity contribution < 1.29 is 4.74 Å². The molecular formula is C13H18O. The average molecular weight is 190 g/mol.